The lowest BCUT2D eigenvalue weighted by molar-refractivity contribution is -0.929. The summed E-state index contributed by atoms with van der Waals surface area (Å²) in [5.41, 5.74) is 3.58. The van der Waals surface area contributed by atoms with E-state index in [4.69, 9.17) is 57.5 Å². The maximum atomic E-state index is 12.1. The van der Waals surface area contributed by atoms with Gasteiger partial charge >= 0.3 is 14.9 Å². The highest BCUT2D eigenvalue weighted by Gasteiger charge is 2.58. The Morgan fingerprint density at radius 1 is 0.396 bits per heavy atom. The van der Waals surface area contributed by atoms with Crippen LogP contribution in [0.25, 0.3) is 21.5 Å². The molecule has 32 nitrogen and oxygen atoms in total. The number of aliphatic carboxylic acids is 1. The SMILES string of the molecule is C[Si](C)(CCC[N+](CCCCS(=O)(=O)O)(CCCCS(=O)(=O)O)CCCCS(=O)(=O)O)O[Si]1(O[Si](C)(C)CCC[N+](CCCCS(=O)(=O)[O-])(CCCCS(=O)(=O)[O-])CCOCCOCCOCCC(=O)O)n2c3c4ccccc4c2N=C2N=C(N=c4c5ccccc5c(n41)=NC1=NC(=N3)c3ccccc31)c1ccccc12. The van der Waals surface area contributed by atoms with E-state index in [0.717, 1.165) is 0 Å². The number of amidine groups is 4. The minimum Gasteiger partial charge on any atom is -0.748 e. The normalized spacial score (nSPS) is 16.0. The fraction of sp³-hybridized carbons (Fsp3) is 0.535. The van der Waals surface area contributed by atoms with Gasteiger partial charge in [0, 0.05) is 55.3 Å². The van der Waals surface area contributed by atoms with Crippen LogP contribution in [0.15, 0.2) is 127 Å². The second-order valence-electron chi connectivity index (χ2n) is 30.0. The summed E-state index contributed by atoms with van der Waals surface area (Å²) in [7, 11) is -34.3. The van der Waals surface area contributed by atoms with E-state index in [2.05, 4.69) is 26.2 Å². The maximum absolute atomic E-state index is 12.1. The third kappa shape index (κ3) is 24.4. The van der Waals surface area contributed by atoms with Crippen molar-refractivity contribution < 1.29 is 106 Å². The molecule has 0 radical (unpaired) electrons. The number of fused-ring (bicyclic) bond motifs is 14. The highest BCUT2D eigenvalue weighted by molar-refractivity contribution is 7.86. The van der Waals surface area contributed by atoms with E-state index in [9.17, 15) is 69.6 Å². The molecule has 1 atom stereocenters. The Labute approximate surface area is 651 Å². The number of carbonyl (C=O) groups is 1. The molecule has 111 heavy (non-hydrogen) atoms. The van der Waals surface area contributed by atoms with E-state index >= 15 is 0 Å². The van der Waals surface area contributed by atoms with Crippen LogP contribution in [0, 0.1) is 0 Å². The fourth-order valence-electron chi connectivity index (χ4n) is 15.1. The lowest BCUT2D eigenvalue weighted by Crippen LogP contribution is -2.70. The molecule has 0 saturated heterocycles. The van der Waals surface area contributed by atoms with Crippen LogP contribution in [0.5, 0.6) is 0 Å². The highest BCUT2D eigenvalue weighted by atomic mass is 32.2. The molecule has 608 valence electrons. The third-order valence-corrected chi connectivity index (χ3v) is 35.9. The topological polar surface area (TPSA) is 445 Å². The van der Waals surface area contributed by atoms with E-state index in [1.165, 1.54) is 0 Å². The molecule has 2 aromatic heterocycles. The van der Waals surface area contributed by atoms with Crippen LogP contribution >= 0.6 is 0 Å². The van der Waals surface area contributed by atoms with Crippen LogP contribution in [0.3, 0.4) is 0 Å². The molecule has 0 fully saturated rings. The molecule has 0 saturated carbocycles. The Morgan fingerprint density at radius 3 is 1.05 bits per heavy atom. The van der Waals surface area contributed by atoms with Gasteiger partial charge < -0.3 is 45.6 Å². The number of aliphatic imine (C=N–C) groups is 4. The van der Waals surface area contributed by atoms with E-state index in [0.29, 0.717) is 167 Å². The number of hydrogen-bond donors (Lipinski definition) is 4. The number of nitrogens with zero attached hydrogens (tertiary/aromatic N) is 10. The summed E-state index contributed by atoms with van der Waals surface area (Å²) in [6.07, 6.45) is 2.42. The van der Waals surface area contributed by atoms with Crippen molar-refractivity contribution in [2.24, 2.45) is 30.0 Å². The molecule has 0 amide bonds. The fourth-order valence-corrected chi connectivity index (χ4v) is 30.5. The average molecular weight is 1690 g/mol. The second kappa shape index (κ2) is 37.1. The minimum atomic E-state index is -4.99. The molecule has 6 bridgehead atoms. The zero-order valence-electron chi connectivity index (χ0n) is 62.9. The summed E-state index contributed by atoms with van der Waals surface area (Å²) in [5, 5.41) is 11.6. The molecule has 40 heteroatoms. The number of benzene rings is 4. The first-order valence-electron chi connectivity index (χ1n) is 37.4. The van der Waals surface area contributed by atoms with Crippen LogP contribution in [0.4, 0.5) is 11.6 Å². The molecule has 4 aliphatic heterocycles. The number of carboxylic acids is 1. The maximum Gasteiger partial charge on any atom is 0.582 e. The van der Waals surface area contributed by atoms with Crippen LogP contribution in [-0.2, 0) is 77.8 Å². The first kappa shape index (κ1) is 87.0. The summed E-state index contributed by atoms with van der Waals surface area (Å²) >= 11 is 0. The van der Waals surface area contributed by atoms with Crippen LogP contribution in [0.1, 0.15) is 106 Å². The van der Waals surface area contributed by atoms with Crippen molar-refractivity contribution in [3.8, 4) is 0 Å². The van der Waals surface area contributed by atoms with Gasteiger partial charge in [-0.15, -0.1) is 0 Å². The lowest BCUT2D eigenvalue weighted by atomic mass is 10.1. The standard InChI is InChI=1S/C71H100N10O22S5Si3/c1-109(2,53-23-39-80(34-13-18-48-104(84,85)86,35-14-19-49-105(87,88)89)36-15-20-50-106(90,91)92)102-111(103-110(3,4)54-24-40-81(37-16-21-51-107(93,94)95,38-17-22-52-108(96,97)98)41-43-100-45-47-101-46-44-99-42-33-63(82)83)78-68-59-29-9-10-30-60(59)70(78)76-66-57-27-7-8-28-58(57)67(73-66)77-71-62-32-12-11-31-61(62)69(79(71)111)75-65-56-26-6-5-25-55(56)64(72-65)74-68/h5-12,25-32H,13-24,33-54H2,1-4H3,(H4-2,82,83,84,85,86,87,88,89,90,91,92,93,94,95,96,97,98). The number of hydrogen-bond acceptors (Lipinski definition) is 24. The molecular weight excluding hydrogens is 1590 g/mol. The van der Waals surface area contributed by atoms with Crippen molar-refractivity contribution >= 4 is 139 Å². The van der Waals surface area contributed by atoms with Crippen LogP contribution in [0.2, 0.25) is 38.3 Å². The number of carboxylic acid groups (broad SMARTS) is 1. The van der Waals surface area contributed by atoms with Gasteiger partial charge in [0.15, 0.2) is 40.0 Å². The van der Waals surface area contributed by atoms with Crippen LogP contribution < -0.4 is 11.0 Å². The van der Waals surface area contributed by atoms with Crippen molar-refractivity contribution in [3.05, 3.63) is 130 Å². The Bertz CT molecular complexity index is 4930. The minimum absolute atomic E-state index is 0.0241. The van der Waals surface area contributed by atoms with E-state index < -0.39 is 111 Å². The molecule has 10 rings (SSSR count). The zero-order valence-corrected chi connectivity index (χ0v) is 70.0. The largest absolute Gasteiger partial charge is 0.748 e. The summed E-state index contributed by atoms with van der Waals surface area (Å²) < 4.78 is 214. The second-order valence-corrected chi connectivity index (χ2v) is 49.4. The monoisotopic (exact) mass is 1690 g/mol. The van der Waals surface area contributed by atoms with Gasteiger partial charge in [0.05, 0.1) is 129 Å². The summed E-state index contributed by atoms with van der Waals surface area (Å²) in [6, 6.07) is 31.7. The Kier molecular flexibility index (Phi) is 29.1. The Balaban J connectivity index is 1.14. The van der Waals surface area contributed by atoms with Gasteiger partial charge in [-0.25, -0.2) is 46.8 Å². The summed E-state index contributed by atoms with van der Waals surface area (Å²) in [4.78, 5) is 44.2. The smallest absolute Gasteiger partial charge is 0.582 e. The Morgan fingerprint density at radius 2 is 0.703 bits per heavy atom. The molecule has 1 unspecified atom stereocenters. The van der Waals surface area contributed by atoms with Crippen molar-refractivity contribution in [2.45, 2.75) is 122 Å². The first-order valence-corrected chi connectivity index (χ1v) is 53.3. The summed E-state index contributed by atoms with van der Waals surface area (Å²) in [5.74, 6) is -1.62. The van der Waals surface area contributed by atoms with Gasteiger partial charge in [-0.2, -0.15) is 25.3 Å². The van der Waals surface area contributed by atoms with E-state index in [-0.39, 0.29) is 119 Å². The predicted molar refractivity (Wildman–Crippen MR) is 426 cm³/mol. The van der Waals surface area contributed by atoms with Crippen molar-refractivity contribution in [1.82, 2.24) is 8.47 Å². The molecule has 0 spiro atoms. The first-order chi connectivity index (χ1) is 52.4. The molecule has 4 N–H and O–H groups in total. The number of rotatable bonds is 49. The number of quaternary nitrogens is 2. The zero-order chi connectivity index (χ0) is 80.1. The van der Waals surface area contributed by atoms with Crippen molar-refractivity contribution in [3.63, 3.8) is 0 Å². The van der Waals surface area contributed by atoms with E-state index in [1.807, 2.05) is 106 Å². The van der Waals surface area contributed by atoms with Crippen LogP contribution in [-0.4, -0.2) is 263 Å². The van der Waals surface area contributed by atoms with Gasteiger partial charge in [0.2, 0.25) is 0 Å². The molecule has 6 heterocycles. The molecule has 4 aromatic carbocycles. The number of aromatic nitrogens is 2. The molecule has 6 aromatic rings. The molecule has 4 aliphatic rings. The van der Waals surface area contributed by atoms with Gasteiger partial charge in [0.1, 0.15) is 29.2 Å². The molecular formula is C71H100N10O22S5Si3. The summed E-state index contributed by atoms with van der Waals surface area (Å²) in [6.45, 7) is 12.0. The average Bonchev–Trinajstić information content (AvgIpc) is 1.53. The highest BCUT2D eigenvalue weighted by Crippen LogP contribution is 2.46. The van der Waals surface area contributed by atoms with Gasteiger partial charge in [-0.3, -0.25) is 26.9 Å². The Hall–Kier alpha value is -6.37. The number of unbranched alkanes of at least 4 members (excludes halogenated alkanes) is 5. The van der Waals surface area contributed by atoms with Gasteiger partial charge in [0.25, 0.3) is 30.4 Å². The van der Waals surface area contributed by atoms with E-state index in [1.54, 1.807) is 0 Å². The van der Waals surface area contributed by atoms with Crippen molar-refractivity contribution in [1.29, 1.82) is 0 Å². The third-order valence-electron chi connectivity index (χ3n) is 20.3. The van der Waals surface area contributed by atoms with Gasteiger partial charge in [-0.05, 0) is 115 Å². The van der Waals surface area contributed by atoms with Gasteiger partial charge in [-0.1, -0.05) is 97.1 Å². The molecule has 0 aliphatic carbocycles. The predicted octanol–water partition coefficient (Wildman–Crippen LogP) is 7.41. The van der Waals surface area contributed by atoms with Crippen molar-refractivity contribution in [2.75, 3.05) is 121 Å². The quantitative estimate of drug-likeness (QED) is 0.0125. The number of ether oxygens (including phenoxy) is 3. The lowest BCUT2D eigenvalue weighted by Gasteiger charge is -2.44.